The number of allylic oxidation sites excluding steroid dienone is 2. The second kappa shape index (κ2) is 5.73. The Morgan fingerprint density at radius 3 is 2.75 bits per heavy atom. The second-order valence-electron chi connectivity index (χ2n) is 6.27. The maximum atomic E-state index is 13.3. The van der Waals surface area contributed by atoms with Gasteiger partial charge in [-0.15, -0.1) is 5.10 Å². The van der Waals surface area contributed by atoms with E-state index in [-0.39, 0.29) is 17.6 Å². The number of Topliss-reactive ketones (excluding diaryl/α,β-unsaturated/α-hetero) is 1. The number of carbonyl (C=O) groups is 1. The molecule has 2 aromatic rings. The van der Waals surface area contributed by atoms with Crippen LogP contribution in [0.15, 0.2) is 40.7 Å². The van der Waals surface area contributed by atoms with Crippen LogP contribution < -0.4 is 5.32 Å². The normalized spacial score (nSPS) is 22.9. The maximum Gasteiger partial charge on any atom is 0.227 e. The van der Waals surface area contributed by atoms with E-state index in [2.05, 4.69) is 22.3 Å². The third-order valence-corrected chi connectivity index (χ3v) is 5.01. The molecule has 24 heavy (non-hydrogen) atoms. The topological polar surface area (TPSA) is 59.8 Å². The Labute approximate surface area is 143 Å². The fraction of sp³-hybridized carbons (Fsp3) is 0.353. The first kappa shape index (κ1) is 15.4. The summed E-state index contributed by atoms with van der Waals surface area (Å²) in [6.45, 7) is 2.07. The zero-order valence-corrected chi connectivity index (χ0v) is 14.2. The summed E-state index contributed by atoms with van der Waals surface area (Å²) >= 11 is 1.45. The molecule has 2 aliphatic rings. The number of aromatic nitrogens is 3. The minimum atomic E-state index is -0.356. The zero-order valence-electron chi connectivity index (χ0n) is 13.4. The number of thioether (sulfide) groups is 1. The Morgan fingerprint density at radius 1 is 1.29 bits per heavy atom. The maximum absolute atomic E-state index is 13.3. The summed E-state index contributed by atoms with van der Waals surface area (Å²) in [5.74, 6) is 0.757. The van der Waals surface area contributed by atoms with Crippen molar-refractivity contribution in [2.45, 2.75) is 31.0 Å². The smallest absolute Gasteiger partial charge is 0.227 e. The highest BCUT2D eigenvalue weighted by molar-refractivity contribution is 7.98. The van der Waals surface area contributed by atoms with Gasteiger partial charge >= 0.3 is 0 Å². The van der Waals surface area contributed by atoms with Gasteiger partial charge in [-0.25, -0.2) is 9.07 Å². The first-order valence-corrected chi connectivity index (χ1v) is 9.08. The van der Waals surface area contributed by atoms with Gasteiger partial charge in [-0.2, -0.15) is 4.98 Å². The van der Waals surface area contributed by atoms with E-state index in [1.54, 1.807) is 16.8 Å². The summed E-state index contributed by atoms with van der Waals surface area (Å²) < 4.78 is 15.1. The number of nitrogens with one attached hydrogen (secondary N) is 1. The summed E-state index contributed by atoms with van der Waals surface area (Å²) in [6, 6.07) is 5.90. The molecule has 0 spiro atoms. The van der Waals surface area contributed by atoms with E-state index in [4.69, 9.17) is 0 Å². The number of benzene rings is 1. The molecule has 0 saturated carbocycles. The summed E-state index contributed by atoms with van der Waals surface area (Å²) in [5.41, 5.74) is 2.48. The molecule has 2 unspecified atom stereocenters. The van der Waals surface area contributed by atoms with Gasteiger partial charge in [0.2, 0.25) is 11.1 Å². The predicted octanol–water partition coefficient (Wildman–Crippen LogP) is 3.41. The highest BCUT2D eigenvalue weighted by Crippen LogP contribution is 2.41. The molecule has 4 rings (SSSR count). The Morgan fingerprint density at radius 2 is 2.04 bits per heavy atom. The standard InChI is InChI=1S/C17H17FN4OS/c1-9-7-12-14(13(23)8-9)15(10-3-5-11(18)6-4-10)22-16(19-12)20-17(21-22)24-2/h3-6,9,15H,7-8H2,1-2H3,(H,19,20,21). The number of carbonyl (C=O) groups excluding carboxylic acids is 1. The molecule has 2 atom stereocenters. The molecular weight excluding hydrogens is 327 g/mol. The van der Waals surface area contributed by atoms with Gasteiger partial charge in [0.1, 0.15) is 11.9 Å². The number of hydrogen-bond acceptors (Lipinski definition) is 5. The highest BCUT2D eigenvalue weighted by Gasteiger charge is 2.38. The van der Waals surface area contributed by atoms with E-state index in [1.807, 2.05) is 6.26 Å². The van der Waals surface area contributed by atoms with E-state index in [9.17, 15) is 9.18 Å². The highest BCUT2D eigenvalue weighted by atomic mass is 32.2. The molecular formula is C17H17FN4OS. The van der Waals surface area contributed by atoms with Gasteiger partial charge in [0.15, 0.2) is 5.78 Å². The largest absolute Gasteiger partial charge is 0.328 e. The van der Waals surface area contributed by atoms with Crippen LogP contribution in [0, 0.1) is 11.7 Å². The van der Waals surface area contributed by atoms with Crippen molar-refractivity contribution in [3.63, 3.8) is 0 Å². The lowest BCUT2D eigenvalue weighted by atomic mass is 9.81. The summed E-state index contributed by atoms with van der Waals surface area (Å²) in [7, 11) is 0. The van der Waals surface area contributed by atoms with E-state index in [0.717, 1.165) is 23.3 Å². The van der Waals surface area contributed by atoms with E-state index in [1.165, 1.54) is 23.9 Å². The average Bonchev–Trinajstić information content (AvgIpc) is 2.96. The molecule has 1 aromatic carbocycles. The lowest BCUT2D eigenvalue weighted by molar-refractivity contribution is -0.117. The summed E-state index contributed by atoms with van der Waals surface area (Å²) in [6.07, 6.45) is 3.24. The molecule has 0 fully saturated rings. The van der Waals surface area contributed by atoms with Crippen molar-refractivity contribution in [3.8, 4) is 0 Å². The minimum absolute atomic E-state index is 0.123. The number of ketones is 1. The van der Waals surface area contributed by atoms with Gasteiger partial charge in [0, 0.05) is 17.7 Å². The van der Waals surface area contributed by atoms with E-state index >= 15 is 0 Å². The number of hydrogen-bond donors (Lipinski definition) is 1. The van der Waals surface area contributed by atoms with Crippen molar-refractivity contribution >= 4 is 23.5 Å². The van der Waals surface area contributed by atoms with Crippen LogP contribution >= 0.6 is 11.8 Å². The number of rotatable bonds is 2. The van der Waals surface area contributed by atoms with Crippen molar-refractivity contribution in [2.75, 3.05) is 11.6 Å². The van der Waals surface area contributed by atoms with Gasteiger partial charge < -0.3 is 5.32 Å². The lowest BCUT2D eigenvalue weighted by Crippen LogP contribution is -2.33. The molecule has 0 radical (unpaired) electrons. The van der Waals surface area contributed by atoms with Crippen LogP contribution in [-0.4, -0.2) is 26.8 Å². The number of anilines is 1. The quantitative estimate of drug-likeness (QED) is 0.846. The van der Waals surface area contributed by atoms with Crippen LogP contribution in [0.5, 0.6) is 0 Å². The van der Waals surface area contributed by atoms with Gasteiger partial charge in [-0.05, 0) is 36.3 Å². The SMILES string of the molecule is CSc1nc2n(n1)C(c1ccc(F)cc1)C1=C(CC(C)CC1=O)N2. The zero-order chi connectivity index (χ0) is 16.8. The van der Waals surface area contributed by atoms with Gasteiger partial charge in [0.25, 0.3) is 0 Å². The molecule has 0 saturated heterocycles. The van der Waals surface area contributed by atoms with Crippen molar-refractivity contribution in [1.82, 2.24) is 14.8 Å². The minimum Gasteiger partial charge on any atom is -0.328 e. The molecule has 1 N–H and O–H groups in total. The lowest BCUT2D eigenvalue weighted by Gasteiger charge is -2.34. The first-order chi connectivity index (χ1) is 11.6. The third-order valence-electron chi connectivity index (χ3n) is 4.47. The van der Waals surface area contributed by atoms with Gasteiger partial charge in [-0.3, -0.25) is 4.79 Å². The van der Waals surface area contributed by atoms with Crippen LogP contribution in [0.2, 0.25) is 0 Å². The molecule has 1 aliphatic carbocycles. The van der Waals surface area contributed by atoms with E-state index < -0.39 is 0 Å². The molecule has 124 valence electrons. The van der Waals surface area contributed by atoms with Crippen LogP contribution in [0.25, 0.3) is 0 Å². The Hall–Kier alpha value is -2.15. The molecule has 5 nitrogen and oxygen atoms in total. The molecule has 1 aromatic heterocycles. The first-order valence-electron chi connectivity index (χ1n) is 7.86. The van der Waals surface area contributed by atoms with Crippen molar-refractivity contribution in [1.29, 1.82) is 0 Å². The van der Waals surface area contributed by atoms with Crippen molar-refractivity contribution < 1.29 is 9.18 Å². The number of fused-ring (bicyclic) bond motifs is 1. The molecule has 1 aliphatic heterocycles. The van der Waals surface area contributed by atoms with E-state index in [0.29, 0.717) is 23.4 Å². The summed E-state index contributed by atoms with van der Waals surface area (Å²) in [5, 5.41) is 8.45. The average molecular weight is 344 g/mol. The fourth-order valence-corrected chi connectivity index (χ4v) is 3.77. The molecule has 0 amide bonds. The van der Waals surface area contributed by atoms with Crippen LogP contribution in [0.4, 0.5) is 10.3 Å². The van der Waals surface area contributed by atoms with Crippen LogP contribution in [-0.2, 0) is 4.79 Å². The summed E-state index contributed by atoms with van der Waals surface area (Å²) in [4.78, 5) is 17.2. The molecule has 7 heteroatoms. The molecule has 2 heterocycles. The third kappa shape index (κ3) is 2.43. The van der Waals surface area contributed by atoms with Crippen LogP contribution in [0.1, 0.15) is 31.4 Å². The predicted molar refractivity (Wildman–Crippen MR) is 90.4 cm³/mol. The Bertz CT molecular complexity index is 843. The molecule has 0 bridgehead atoms. The van der Waals surface area contributed by atoms with Crippen molar-refractivity contribution in [3.05, 3.63) is 46.9 Å². The van der Waals surface area contributed by atoms with Gasteiger partial charge in [0.05, 0.1) is 0 Å². The second-order valence-corrected chi connectivity index (χ2v) is 7.05. The fourth-order valence-electron chi connectivity index (χ4n) is 3.43. The van der Waals surface area contributed by atoms with Gasteiger partial charge in [-0.1, -0.05) is 30.8 Å². The Kier molecular flexibility index (Phi) is 3.68. The number of halogens is 1. The Balaban J connectivity index is 1.90. The monoisotopic (exact) mass is 344 g/mol. The van der Waals surface area contributed by atoms with Crippen LogP contribution in [0.3, 0.4) is 0 Å². The van der Waals surface area contributed by atoms with Crippen molar-refractivity contribution in [2.24, 2.45) is 5.92 Å². The number of nitrogens with zero attached hydrogens (tertiary/aromatic N) is 3.